The monoisotopic (exact) mass is 199 g/mol. The fourth-order valence-corrected chi connectivity index (χ4v) is 1.71. The smallest absolute Gasteiger partial charge is 0.0596 e. The summed E-state index contributed by atoms with van der Waals surface area (Å²) in [4.78, 5) is 0. The molecule has 0 fully saturated rings. The summed E-state index contributed by atoms with van der Waals surface area (Å²) in [7, 11) is 0. The van der Waals surface area contributed by atoms with Crippen molar-refractivity contribution in [3.8, 4) is 0 Å². The Morgan fingerprint density at radius 2 is 2.20 bits per heavy atom. The van der Waals surface area contributed by atoms with Gasteiger partial charge in [-0.2, -0.15) is 5.10 Å². The maximum Gasteiger partial charge on any atom is 0.0596 e. The lowest BCUT2D eigenvalue weighted by Crippen LogP contribution is -2.05. The second-order valence-corrected chi connectivity index (χ2v) is 3.79. The third kappa shape index (κ3) is 2.46. The molecular formula is C13H15N2. The van der Waals surface area contributed by atoms with Crippen LogP contribution in [0.4, 0.5) is 0 Å². The minimum atomic E-state index is 0.931. The zero-order valence-electron chi connectivity index (χ0n) is 9.20. The summed E-state index contributed by atoms with van der Waals surface area (Å²) in [5.41, 5.74) is 3.55. The summed E-state index contributed by atoms with van der Waals surface area (Å²) in [6.07, 6.45) is 0.989. The standard InChI is InChI=1S/C13H15N2/c1-11-10-12(2)15(14-11)9-8-13-6-4-3-5-7-13/h3-6,10H,8-9H2,1-2H3. The first kappa shape index (κ1) is 9.97. The van der Waals surface area contributed by atoms with E-state index in [9.17, 15) is 0 Å². The van der Waals surface area contributed by atoms with Crippen LogP contribution in [0.1, 0.15) is 17.0 Å². The van der Waals surface area contributed by atoms with Crippen molar-refractivity contribution in [3.05, 3.63) is 53.3 Å². The molecule has 0 atom stereocenters. The first-order valence-electron chi connectivity index (χ1n) is 5.22. The van der Waals surface area contributed by atoms with Gasteiger partial charge in [0.15, 0.2) is 0 Å². The number of benzene rings is 1. The van der Waals surface area contributed by atoms with Crippen molar-refractivity contribution in [2.75, 3.05) is 0 Å². The average molecular weight is 199 g/mol. The number of hydrogen-bond donors (Lipinski definition) is 0. The van der Waals surface area contributed by atoms with Crippen LogP contribution in [0.25, 0.3) is 0 Å². The Hall–Kier alpha value is -1.57. The molecule has 0 spiro atoms. The molecular weight excluding hydrogens is 184 g/mol. The minimum Gasteiger partial charge on any atom is -0.269 e. The highest BCUT2D eigenvalue weighted by atomic mass is 15.3. The van der Waals surface area contributed by atoms with Gasteiger partial charge in [-0.3, -0.25) is 4.68 Å². The summed E-state index contributed by atoms with van der Waals surface area (Å²) in [5, 5.41) is 4.43. The summed E-state index contributed by atoms with van der Waals surface area (Å²) >= 11 is 0. The number of hydrogen-bond acceptors (Lipinski definition) is 1. The van der Waals surface area contributed by atoms with Crippen LogP contribution in [0.15, 0.2) is 30.3 Å². The third-order valence-corrected chi connectivity index (χ3v) is 2.47. The van der Waals surface area contributed by atoms with Gasteiger partial charge in [0.2, 0.25) is 0 Å². The highest BCUT2D eigenvalue weighted by Crippen LogP contribution is 2.05. The number of nitrogens with zero attached hydrogens (tertiary/aromatic N) is 2. The van der Waals surface area contributed by atoms with Crippen LogP contribution in [0.5, 0.6) is 0 Å². The van der Waals surface area contributed by atoms with Crippen LogP contribution < -0.4 is 0 Å². The SMILES string of the molecule is Cc1cc(C)n(CCc2[c]cccc2)n1. The van der Waals surface area contributed by atoms with Crippen LogP contribution in [-0.2, 0) is 13.0 Å². The van der Waals surface area contributed by atoms with Crippen molar-refractivity contribution in [2.45, 2.75) is 26.8 Å². The van der Waals surface area contributed by atoms with Crippen molar-refractivity contribution in [2.24, 2.45) is 0 Å². The van der Waals surface area contributed by atoms with Crippen molar-refractivity contribution >= 4 is 0 Å². The van der Waals surface area contributed by atoms with Gasteiger partial charge in [0, 0.05) is 12.2 Å². The summed E-state index contributed by atoms with van der Waals surface area (Å²) in [6.45, 7) is 5.05. The van der Waals surface area contributed by atoms with Crippen LogP contribution in [0.3, 0.4) is 0 Å². The van der Waals surface area contributed by atoms with Crippen molar-refractivity contribution in [1.82, 2.24) is 9.78 Å². The molecule has 0 saturated heterocycles. The maximum absolute atomic E-state index is 4.43. The van der Waals surface area contributed by atoms with Crippen molar-refractivity contribution in [3.63, 3.8) is 0 Å². The lowest BCUT2D eigenvalue weighted by molar-refractivity contribution is 0.594. The van der Waals surface area contributed by atoms with Crippen molar-refractivity contribution < 1.29 is 0 Å². The molecule has 15 heavy (non-hydrogen) atoms. The van der Waals surface area contributed by atoms with Gasteiger partial charge in [-0.25, -0.2) is 0 Å². The van der Waals surface area contributed by atoms with Gasteiger partial charge >= 0.3 is 0 Å². The molecule has 0 amide bonds. The Balaban J connectivity index is 2.02. The molecule has 0 aliphatic heterocycles. The quantitative estimate of drug-likeness (QED) is 0.742. The Bertz CT molecular complexity index is 429. The molecule has 1 heterocycles. The van der Waals surface area contributed by atoms with Crippen LogP contribution in [0, 0.1) is 19.9 Å². The van der Waals surface area contributed by atoms with Gasteiger partial charge in [0.05, 0.1) is 5.69 Å². The van der Waals surface area contributed by atoms with E-state index in [1.165, 1.54) is 11.3 Å². The molecule has 1 radical (unpaired) electrons. The van der Waals surface area contributed by atoms with Gasteiger partial charge in [0.1, 0.15) is 0 Å². The van der Waals surface area contributed by atoms with E-state index in [0.717, 1.165) is 18.7 Å². The van der Waals surface area contributed by atoms with E-state index >= 15 is 0 Å². The maximum atomic E-state index is 4.43. The Labute approximate surface area is 90.6 Å². The molecule has 1 aromatic heterocycles. The van der Waals surface area contributed by atoms with Gasteiger partial charge in [0.25, 0.3) is 0 Å². The molecule has 77 valence electrons. The second kappa shape index (κ2) is 4.30. The number of aromatic nitrogens is 2. The van der Waals surface area contributed by atoms with E-state index in [4.69, 9.17) is 0 Å². The molecule has 0 aliphatic rings. The zero-order valence-corrected chi connectivity index (χ0v) is 9.20. The number of aryl methyl sites for hydroxylation is 4. The average Bonchev–Trinajstić information content (AvgIpc) is 2.56. The lowest BCUT2D eigenvalue weighted by atomic mass is 10.1. The van der Waals surface area contributed by atoms with Gasteiger partial charge in [-0.15, -0.1) is 0 Å². The Morgan fingerprint density at radius 3 is 2.80 bits per heavy atom. The van der Waals surface area contributed by atoms with E-state index in [1.807, 2.05) is 25.1 Å². The van der Waals surface area contributed by atoms with E-state index in [1.54, 1.807) is 0 Å². The number of rotatable bonds is 3. The van der Waals surface area contributed by atoms with Crippen LogP contribution in [-0.4, -0.2) is 9.78 Å². The van der Waals surface area contributed by atoms with E-state index in [2.05, 4.69) is 34.9 Å². The molecule has 0 saturated carbocycles. The van der Waals surface area contributed by atoms with Crippen LogP contribution in [0.2, 0.25) is 0 Å². The first-order chi connectivity index (χ1) is 7.25. The second-order valence-electron chi connectivity index (χ2n) is 3.79. The molecule has 0 aliphatic carbocycles. The third-order valence-electron chi connectivity index (χ3n) is 2.47. The van der Waals surface area contributed by atoms with Crippen molar-refractivity contribution in [1.29, 1.82) is 0 Å². The molecule has 2 nitrogen and oxygen atoms in total. The predicted octanol–water partition coefficient (Wildman–Crippen LogP) is 2.54. The van der Waals surface area contributed by atoms with E-state index in [-0.39, 0.29) is 0 Å². The topological polar surface area (TPSA) is 17.8 Å². The highest BCUT2D eigenvalue weighted by molar-refractivity contribution is 5.13. The summed E-state index contributed by atoms with van der Waals surface area (Å²) in [6, 6.07) is 13.4. The summed E-state index contributed by atoms with van der Waals surface area (Å²) in [5.74, 6) is 0. The molecule has 2 rings (SSSR count). The Morgan fingerprint density at radius 1 is 1.33 bits per heavy atom. The zero-order chi connectivity index (χ0) is 10.7. The molecule has 2 aromatic rings. The predicted molar refractivity (Wildman–Crippen MR) is 60.7 cm³/mol. The van der Waals surface area contributed by atoms with Gasteiger partial charge < -0.3 is 0 Å². The fraction of sp³-hybridized carbons (Fsp3) is 0.308. The minimum absolute atomic E-state index is 0.931. The molecule has 0 bridgehead atoms. The molecule has 1 aromatic carbocycles. The van der Waals surface area contributed by atoms with E-state index < -0.39 is 0 Å². The van der Waals surface area contributed by atoms with Crippen LogP contribution >= 0.6 is 0 Å². The highest BCUT2D eigenvalue weighted by Gasteiger charge is 2.00. The van der Waals surface area contributed by atoms with Gasteiger partial charge in [-0.05, 0) is 38.0 Å². The molecule has 2 heteroatoms. The summed E-state index contributed by atoms with van der Waals surface area (Å²) < 4.78 is 2.05. The first-order valence-corrected chi connectivity index (χ1v) is 5.22. The largest absolute Gasteiger partial charge is 0.269 e. The normalized spacial score (nSPS) is 10.5. The molecule has 0 N–H and O–H groups in total. The molecule has 0 unspecified atom stereocenters. The Kier molecular flexibility index (Phi) is 2.86. The fourth-order valence-electron chi connectivity index (χ4n) is 1.71. The lowest BCUT2D eigenvalue weighted by Gasteiger charge is -2.03. The van der Waals surface area contributed by atoms with Gasteiger partial charge in [-0.1, -0.05) is 24.3 Å². The van der Waals surface area contributed by atoms with E-state index in [0.29, 0.717) is 0 Å².